The molecule has 1 aromatic rings. The van der Waals surface area contributed by atoms with Crippen LogP contribution in [0.3, 0.4) is 0 Å². The molecule has 1 atom stereocenters. The zero-order valence-electron chi connectivity index (χ0n) is 7.36. The summed E-state index contributed by atoms with van der Waals surface area (Å²) >= 11 is 5.62. The molecule has 2 heteroatoms. The van der Waals surface area contributed by atoms with Crippen molar-refractivity contribution in [2.45, 2.75) is 0 Å². The van der Waals surface area contributed by atoms with Crippen LogP contribution in [0.5, 0.6) is 0 Å². The molecule has 13 heavy (non-hydrogen) atoms. The largest absolute Gasteiger partial charge is 0.396 e. The third kappa shape index (κ3) is 3.62. The molecule has 0 aromatic heterocycles. The van der Waals surface area contributed by atoms with Crippen molar-refractivity contribution in [2.24, 2.45) is 5.92 Å². The predicted octanol–water partition coefficient (Wildman–Crippen LogP) is 2.55. The van der Waals surface area contributed by atoms with Gasteiger partial charge < -0.3 is 5.11 Å². The Morgan fingerprint density at radius 1 is 1.31 bits per heavy atom. The molecular formula is C11H13ClO. The fourth-order valence-electron chi connectivity index (χ4n) is 0.972. The van der Waals surface area contributed by atoms with Gasteiger partial charge in [0.05, 0.1) is 6.61 Å². The lowest BCUT2D eigenvalue weighted by molar-refractivity contribution is 0.264. The van der Waals surface area contributed by atoms with E-state index >= 15 is 0 Å². The minimum absolute atomic E-state index is 0.0573. The highest BCUT2D eigenvalue weighted by Crippen LogP contribution is 2.06. The fourth-order valence-corrected chi connectivity index (χ4v) is 1.17. The van der Waals surface area contributed by atoms with Crippen LogP contribution in [0.1, 0.15) is 5.56 Å². The van der Waals surface area contributed by atoms with E-state index in [0.717, 1.165) is 5.56 Å². The van der Waals surface area contributed by atoms with E-state index in [2.05, 4.69) is 0 Å². The van der Waals surface area contributed by atoms with Gasteiger partial charge in [-0.1, -0.05) is 42.5 Å². The van der Waals surface area contributed by atoms with Crippen LogP contribution in [-0.2, 0) is 0 Å². The molecule has 0 unspecified atom stereocenters. The SMILES string of the molecule is OC[C@@H](/C=C/c1ccccc1)CCl. The summed E-state index contributed by atoms with van der Waals surface area (Å²) in [6.45, 7) is 0.104. The Morgan fingerprint density at radius 2 is 2.00 bits per heavy atom. The Morgan fingerprint density at radius 3 is 2.54 bits per heavy atom. The van der Waals surface area contributed by atoms with Crippen molar-refractivity contribution in [3.05, 3.63) is 42.0 Å². The highest BCUT2D eigenvalue weighted by molar-refractivity contribution is 6.18. The Bertz CT molecular complexity index is 252. The molecule has 1 N–H and O–H groups in total. The second kappa shape index (κ2) is 5.79. The van der Waals surface area contributed by atoms with Crippen molar-refractivity contribution in [1.82, 2.24) is 0 Å². The van der Waals surface area contributed by atoms with Crippen molar-refractivity contribution < 1.29 is 5.11 Å². The normalized spacial score (nSPS) is 13.4. The number of aliphatic hydroxyl groups is 1. The first kappa shape index (κ1) is 10.3. The second-order valence-corrected chi connectivity index (χ2v) is 3.18. The molecule has 0 aliphatic heterocycles. The summed E-state index contributed by atoms with van der Waals surface area (Å²) in [5, 5.41) is 8.87. The zero-order chi connectivity index (χ0) is 9.52. The second-order valence-electron chi connectivity index (χ2n) is 2.87. The van der Waals surface area contributed by atoms with E-state index in [1.165, 1.54) is 0 Å². The quantitative estimate of drug-likeness (QED) is 0.734. The molecule has 0 amide bonds. The van der Waals surface area contributed by atoms with Crippen LogP contribution < -0.4 is 0 Å². The third-order valence-electron chi connectivity index (χ3n) is 1.79. The van der Waals surface area contributed by atoms with Crippen LogP contribution in [0, 0.1) is 5.92 Å². The molecule has 70 valence electrons. The van der Waals surface area contributed by atoms with Gasteiger partial charge in [-0.2, -0.15) is 0 Å². The van der Waals surface area contributed by atoms with E-state index in [0.29, 0.717) is 5.88 Å². The molecule has 0 bridgehead atoms. The van der Waals surface area contributed by atoms with Gasteiger partial charge in [-0.15, -0.1) is 11.6 Å². The first-order chi connectivity index (χ1) is 6.36. The van der Waals surface area contributed by atoms with Crippen molar-refractivity contribution in [2.75, 3.05) is 12.5 Å². The maximum atomic E-state index is 8.87. The fraction of sp³-hybridized carbons (Fsp3) is 0.273. The molecule has 1 rings (SSSR count). The Kier molecular flexibility index (Phi) is 4.58. The van der Waals surface area contributed by atoms with Gasteiger partial charge in [0.1, 0.15) is 0 Å². The molecule has 0 heterocycles. The highest BCUT2D eigenvalue weighted by atomic mass is 35.5. The minimum Gasteiger partial charge on any atom is -0.396 e. The number of hydrogen-bond acceptors (Lipinski definition) is 1. The number of halogens is 1. The van der Waals surface area contributed by atoms with Crippen molar-refractivity contribution in [3.8, 4) is 0 Å². The van der Waals surface area contributed by atoms with Gasteiger partial charge in [0.25, 0.3) is 0 Å². The number of alkyl halides is 1. The van der Waals surface area contributed by atoms with Crippen LogP contribution in [0.25, 0.3) is 6.08 Å². The van der Waals surface area contributed by atoms with Gasteiger partial charge in [-0.3, -0.25) is 0 Å². The first-order valence-corrected chi connectivity index (χ1v) is 4.80. The summed E-state index contributed by atoms with van der Waals surface area (Å²) in [5.41, 5.74) is 1.13. The van der Waals surface area contributed by atoms with Crippen LogP contribution in [0.15, 0.2) is 36.4 Å². The summed E-state index contributed by atoms with van der Waals surface area (Å²) in [6, 6.07) is 9.96. The number of rotatable bonds is 4. The Hall–Kier alpha value is -0.790. The first-order valence-electron chi connectivity index (χ1n) is 4.27. The summed E-state index contributed by atoms with van der Waals surface area (Å²) in [4.78, 5) is 0. The third-order valence-corrected chi connectivity index (χ3v) is 2.19. The molecule has 0 fully saturated rings. The molecule has 0 spiro atoms. The predicted molar refractivity (Wildman–Crippen MR) is 56.8 cm³/mol. The summed E-state index contributed by atoms with van der Waals surface area (Å²) < 4.78 is 0. The van der Waals surface area contributed by atoms with Crippen LogP contribution >= 0.6 is 11.6 Å². The molecule has 0 aliphatic rings. The van der Waals surface area contributed by atoms with Crippen molar-refractivity contribution >= 4 is 17.7 Å². The van der Waals surface area contributed by atoms with Crippen LogP contribution in [-0.4, -0.2) is 17.6 Å². The van der Waals surface area contributed by atoms with E-state index in [1.54, 1.807) is 0 Å². The van der Waals surface area contributed by atoms with E-state index < -0.39 is 0 Å². The Balaban J connectivity index is 2.57. The number of aliphatic hydroxyl groups excluding tert-OH is 1. The zero-order valence-corrected chi connectivity index (χ0v) is 8.11. The van der Waals surface area contributed by atoms with E-state index in [1.807, 2.05) is 42.5 Å². The van der Waals surface area contributed by atoms with Crippen LogP contribution in [0.2, 0.25) is 0 Å². The molecule has 0 aliphatic carbocycles. The maximum absolute atomic E-state index is 8.87. The molecule has 1 aromatic carbocycles. The molecule has 0 saturated carbocycles. The van der Waals surface area contributed by atoms with Gasteiger partial charge in [0.2, 0.25) is 0 Å². The summed E-state index contributed by atoms with van der Waals surface area (Å²) in [5.74, 6) is 0.515. The molecule has 0 saturated heterocycles. The average Bonchev–Trinajstić information content (AvgIpc) is 2.21. The lowest BCUT2D eigenvalue weighted by Crippen LogP contribution is -2.03. The topological polar surface area (TPSA) is 20.2 Å². The lowest BCUT2D eigenvalue weighted by atomic mass is 10.1. The monoisotopic (exact) mass is 196 g/mol. The average molecular weight is 197 g/mol. The van der Waals surface area contributed by atoms with Gasteiger partial charge in [0, 0.05) is 11.8 Å². The number of hydrogen-bond donors (Lipinski definition) is 1. The summed E-state index contributed by atoms with van der Waals surface area (Å²) in [6.07, 6.45) is 3.91. The maximum Gasteiger partial charge on any atom is 0.0505 e. The van der Waals surface area contributed by atoms with E-state index in [4.69, 9.17) is 16.7 Å². The van der Waals surface area contributed by atoms with Gasteiger partial charge in [-0.05, 0) is 5.56 Å². The molecule has 1 nitrogen and oxygen atoms in total. The molecular weight excluding hydrogens is 184 g/mol. The smallest absolute Gasteiger partial charge is 0.0505 e. The van der Waals surface area contributed by atoms with Crippen LogP contribution in [0.4, 0.5) is 0 Å². The minimum atomic E-state index is 0.0573. The molecule has 0 radical (unpaired) electrons. The lowest BCUT2D eigenvalue weighted by Gasteiger charge is -2.02. The van der Waals surface area contributed by atoms with E-state index in [9.17, 15) is 0 Å². The standard InChI is InChI=1S/C11H13ClO/c12-8-11(9-13)7-6-10-4-2-1-3-5-10/h1-7,11,13H,8-9H2/b7-6+/t11-/m0/s1. The highest BCUT2D eigenvalue weighted by Gasteiger charge is 1.98. The number of benzene rings is 1. The van der Waals surface area contributed by atoms with E-state index in [-0.39, 0.29) is 12.5 Å². The van der Waals surface area contributed by atoms with Crippen molar-refractivity contribution in [3.63, 3.8) is 0 Å². The summed E-state index contributed by atoms with van der Waals surface area (Å²) in [7, 11) is 0. The Labute approximate surface area is 83.7 Å². The van der Waals surface area contributed by atoms with Crippen molar-refractivity contribution in [1.29, 1.82) is 0 Å². The van der Waals surface area contributed by atoms with Gasteiger partial charge in [0.15, 0.2) is 0 Å². The van der Waals surface area contributed by atoms with Gasteiger partial charge >= 0.3 is 0 Å². The van der Waals surface area contributed by atoms with Gasteiger partial charge in [-0.25, -0.2) is 0 Å².